The lowest BCUT2D eigenvalue weighted by molar-refractivity contribution is 0.155. The normalized spacial score (nSPS) is 27.9. The molecule has 5 heteroatoms. The Hall–Kier alpha value is -0.580. The highest BCUT2D eigenvalue weighted by Crippen LogP contribution is 2.25. The van der Waals surface area contributed by atoms with Crippen molar-refractivity contribution in [3.05, 3.63) is 17.5 Å². The van der Waals surface area contributed by atoms with E-state index in [1.807, 2.05) is 17.9 Å². The van der Waals surface area contributed by atoms with Crippen LogP contribution in [0.3, 0.4) is 0 Å². The van der Waals surface area contributed by atoms with E-state index >= 15 is 0 Å². The van der Waals surface area contributed by atoms with Gasteiger partial charge in [-0.05, 0) is 38.8 Å². The molecule has 102 valence electrons. The number of hydrogen-bond donors (Lipinski definition) is 1. The van der Waals surface area contributed by atoms with Crippen LogP contribution in [0.1, 0.15) is 24.1 Å². The van der Waals surface area contributed by atoms with Gasteiger partial charge < -0.3 is 5.32 Å². The molecule has 1 N–H and O–H groups in total. The zero-order valence-corrected chi connectivity index (χ0v) is 12.0. The summed E-state index contributed by atoms with van der Waals surface area (Å²) >= 11 is 0. The third kappa shape index (κ3) is 2.56. The minimum Gasteiger partial charge on any atom is -0.314 e. The number of aryl methyl sites for hydroxylation is 1. The van der Waals surface area contributed by atoms with E-state index in [0.29, 0.717) is 0 Å². The van der Waals surface area contributed by atoms with Crippen LogP contribution in [0, 0.1) is 12.8 Å². The molecule has 2 saturated heterocycles. The number of nitrogens with zero attached hydrogens (tertiary/aromatic N) is 3. The van der Waals surface area contributed by atoms with Crippen LogP contribution in [0.4, 0.5) is 0 Å². The fourth-order valence-corrected chi connectivity index (χ4v) is 3.21. The Kier molecular flexibility index (Phi) is 4.30. The maximum Gasteiger partial charge on any atom is 0.0537 e. The fourth-order valence-electron chi connectivity index (χ4n) is 3.21. The number of rotatable bonds is 2. The molecule has 0 saturated carbocycles. The highest BCUT2D eigenvalue weighted by molar-refractivity contribution is 5.85. The second-order valence-corrected chi connectivity index (χ2v) is 5.51. The predicted molar refractivity (Wildman–Crippen MR) is 75.0 cm³/mol. The first-order valence-electron chi connectivity index (χ1n) is 6.67. The van der Waals surface area contributed by atoms with Gasteiger partial charge in [-0.2, -0.15) is 5.10 Å². The van der Waals surface area contributed by atoms with E-state index in [2.05, 4.69) is 22.2 Å². The van der Waals surface area contributed by atoms with E-state index in [1.54, 1.807) is 0 Å². The molecular formula is C13H23ClN4. The van der Waals surface area contributed by atoms with E-state index in [-0.39, 0.29) is 12.4 Å². The summed E-state index contributed by atoms with van der Waals surface area (Å²) in [6.45, 7) is 6.93. The Morgan fingerprint density at radius 2 is 2.28 bits per heavy atom. The van der Waals surface area contributed by atoms with Gasteiger partial charge in [-0.15, -0.1) is 12.4 Å². The van der Waals surface area contributed by atoms with Gasteiger partial charge in [0, 0.05) is 37.4 Å². The predicted octanol–water partition coefficient (Wildman–Crippen LogP) is 1.33. The maximum atomic E-state index is 4.33. The molecule has 0 spiro atoms. The Labute approximate surface area is 115 Å². The smallest absolute Gasteiger partial charge is 0.0537 e. The summed E-state index contributed by atoms with van der Waals surface area (Å²) in [5.41, 5.74) is 2.69. The fraction of sp³-hybridized carbons (Fsp3) is 0.769. The van der Waals surface area contributed by atoms with Crippen molar-refractivity contribution in [3.63, 3.8) is 0 Å². The van der Waals surface area contributed by atoms with Gasteiger partial charge in [0.1, 0.15) is 0 Å². The number of fused-ring (bicyclic) bond motifs is 1. The van der Waals surface area contributed by atoms with Crippen molar-refractivity contribution in [1.29, 1.82) is 0 Å². The quantitative estimate of drug-likeness (QED) is 0.880. The van der Waals surface area contributed by atoms with Crippen LogP contribution in [-0.2, 0) is 13.6 Å². The van der Waals surface area contributed by atoms with Crippen LogP contribution in [0.15, 0.2) is 6.20 Å². The van der Waals surface area contributed by atoms with Crippen molar-refractivity contribution in [2.75, 3.05) is 19.6 Å². The lowest BCUT2D eigenvalue weighted by Crippen LogP contribution is -2.43. The molecular weight excluding hydrogens is 248 g/mol. The summed E-state index contributed by atoms with van der Waals surface area (Å²) < 4.78 is 1.97. The summed E-state index contributed by atoms with van der Waals surface area (Å²) in [6.07, 6.45) is 4.69. The van der Waals surface area contributed by atoms with Crippen molar-refractivity contribution in [2.24, 2.45) is 13.0 Å². The second-order valence-electron chi connectivity index (χ2n) is 5.51. The third-order valence-electron chi connectivity index (χ3n) is 4.47. The Morgan fingerprint density at radius 3 is 3.00 bits per heavy atom. The number of halogens is 1. The minimum atomic E-state index is 0. The van der Waals surface area contributed by atoms with Crippen LogP contribution < -0.4 is 5.32 Å². The summed E-state index contributed by atoms with van der Waals surface area (Å²) in [4.78, 5) is 2.60. The highest BCUT2D eigenvalue weighted by atomic mass is 35.5. The van der Waals surface area contributed by atoms with Gasteiger partial charge in [0.15, 0.2) is 0 Å². The number of hydrogen-bond acceptors (Lipinski definition) is 3. The summed E-state index contributed by atoms with van der Waals surface area (Å²) in [5.74, 6) is 0.876. The highest BCUT2D eigenvalue weighted by Gasteiger charge is 2.32. The first-order valence-corrected chi connectivity index (χ1v) is 6.67. The van der Waals surface area contributed by atoms with Gasteiger partial charge in [-0.3, -0.25) is 9.58 Å². The molecule has 1 aromatic rings. The molecule has 0 aromatic carbocycles. The van der Waals surface area contributed by atoms with E-state index in [4.69, 9.17) is 0 Å². The summed E-state index contributed by atoms with van der Waals surface area (Å²) in [5, 5.41) is 7.94. The van der Waals surface area contributed by atoms with Gasteiger partial charge >= 0.3 is 0 Å². The Bertz CT molecular complexity index is 404. The Morgan fingerprint density at radius 1 is 1.44 bits per heavy atom. The molecule has 2 aliphatic heterocycles. The molecule has 2 unspecified atom stereocenters. The molecule has 2 aliphatic rings. The molecule has 2 atom stereocenters. The summed E-state index contributed by atoms with van der Waals surface area (Å²) in [6, 6.07) is 0.793. The van der Waals surface area contributed by atoms with Crippen molar-refractivity contribution >= 4 is 12.4 Å². The van der Waals surface area contributed by atoms with Gasteiger partial charge in [0.25, 0.3) is 0 Å². The van der Waals surface area contributed by atoms with Crippen LogP contribution >= 0.6 is 12.4 Å². The van der Waals surface area contributed by atoms with E-state index in [1.165, 1.54) is 43.7 Å². The lowest BCUT2D eigenvalue weighted by atomic mass is 9.93. The standard InChI is InChI=1S/C13H22N4.ClH/c1-10-12(7-15-16(10)2)9-17-6-4-13-11(8-17)3-5-14-13;/h7,11,13-14H,3-6,8-9H2,1-2H3;1H. The molecule has 2 fully saturated rings. The van der Waals surface area contributed by atoms with Gasteiger partial charge in [-0.25, -0.2) is 0 Å². The zero-order chi connectivity index (χ0) is 11.8. The summed E-state index contributed by atoms with van der Waals surface area (Å²) in [7, 11) is 2.02. The van der Waals surface area contributed by atoms with Gasteiger partial charge in [-0.1, -0.05) is 0 Å². The number of nitrogens with one attached hydrogen (secondary N) is 1. The van der Waals surface area contributed by atoms with Crippen LogP contribution in [-0.4, -0.2) is 40.4 Å². The third-order valence-corrected chi connectivity index (χ3v) is 4.47. The van der Waals surface area contributed by atoms with E-state index < -0.39 is 0 Å². The maximum absolute atomic E-state index is 4.33. The first kappa shape index (κ1) is 13.8. The second kappa shape index (κ2) is 5.59. The molecule has 3 heterocycles. The zero-order valence-electron chi connectivity index (χ0n) is 11.2. The van der Waals surface area contributed by atoms with E-state index in [0.717, 1.165) is 18.5 Å². The SMILES string of the molecule is Cc1c(CN2CCC3NCCC3C2)cnn1C.Cl. The van der Waals surface area contributed by atoms with Crippen molar-refractivity contribution in [2.45, 2.75) is 32.4 Å². The molecule has 0 aliphatic carbocycles. The van der Waals surface area contributed by atoms with Crippen molar-refractivity contribution in [3.8, 4) is 0 Å². The lowest BCUT2D eigenvalue weighted by Gasteiger charge is -2.34. The van der Waals surface area contributed by atoms with Crippen molar-refractivity contribution in [1.82, 2.24) is 20.0 Å². The molecule has 3 rings (SSSR count). The number of piperidine rings is 1. The van der Waals surface area contributed by atoms with Crippen LogP contribution in [0.25, 0.3) is 0 Å². The van der Waals surface area contributed by atoms with Crippen LogP contribution in [0.5, 0.6) is 0 Å². The first-order chi connectivity index (χ1) is 8.24. The molecule has 4 nitrogen and oxygen atoms in total. The Balaban J connectivity index is 0.00000120. The largest absolute Gasteiger partial charge is 0.314 e. The average Bonchev–Trinajstić information content (AvgIpc) is 2.90. The molecule has 0 bridgehead atoms. The molecule has 0 radical (unpaired) electrons. The minimum absolute atomic E-state index is 0. The van der Waals surface area contributed by atoms with Gasteiger partial charge in [0.2, 0.25) is 0 Å². The van der Waals surface area contributed by atoms with E-state index in [9.17, 15) is 0 Å². The molecule has 18 heavy (non-hydrogen) atoms. The van der Waals surface area contributed by atoms with Crippen LogP contribution in [0.2, 0.25) is 0 Å². The topological polar surface area (TPSA) is 33.1 Å². The molecule has 1 aromatic heterocycles. The monoisotopic (exact) mass is 270 g/mol. The number of likely N-dealkylation sites (tertiary alicyclic amines) is 1. The van der Waals surface area contributed by atoms with Gasteiger partial charge in [0.05, 0.1) is 6.20 Å². The number of aromatic nitrogens is 2. The average molecular weight is 271 g/mol. The molecule has 0 amide bonds. The van der Waals surface area contributed by atoms with Crippen molar-refractivity contribution < 1.29 is 0 Å².